The molecule has 1 amide bonds. The summed E-state index contributed by atoms with van der Waals surface area (Å²) in [5.74, 6) is 0. The summed E-state index contributed by atoms with van der Waals surface area (Å²) in [6.07, 6.45) is 1.50. The molecule has 0 spiro atoms. The summed E-state index contributed by atoms with van der Waals surface area (Å²) in [6.45, 7) is 6.22. The van der Waals surface area contributed by atoms with Gasteiger partial charge in [0.25, 0.3) is 0 Å². The van der Waals surface area contributed by atoms with E-state index in [1.165, 1.54) is 0 Å². The van der Waals surface area contributed by atoms with Gasteiger partial charge in [0.05, 0.1) is 10.7 Å². The van der Waals surface area contributed by atoms with Gasteiger partial charge in [-0.15, -0.1) is 0 Å². The Morgan fingerprint density at radius 2 is 2.11 bits per heavy atom. The van der Waals surface area contributed by atoms with Crippen molar-refractivity contribution in [2.75, 3.05) is 11.4 Å². The van der Waals surface area contributed by atoms with Gasteiger partial charge < -0.3 is 4.74 Å². The number of halogens is 2. The molecule has 0 saturated carbocycles. The highest BCUT2D eigenvalue weighted by Crippen LogP contribution is 2.37. The summed E-state index contributed by atoms with van der Waals surface area (Å²) in [6, 6.07) is 3.82. The first-order chi connectivity index (χ1) is 8.78. The Morgan fingerprint density at radius 3 is 2.74 bits per heavy atom. The first kappa shape index (κ1) is 14.7. The first-order valence-electron chi connectivity index (χ1n) is 6.26. The lowest BCUT2D eigenvalue weighted by molar-refractivity contribution is 0.0578. The van der Waals surface area contributed by atoms with Crippen LogP contribution < -0.4 is 4.90 Å². The van der Waals surface area contributed by atoms with E-state index in [0.717, 1.165) is 28.6 Å². The van der Waals surface area contributed by atoms with E-state index in [1.807, 2.05) is 32.9 Å². The predicted octanol–water partition coefficient (Wildman–Crippen LogP) is 4.79. The molecular weight excluding hydrogens is 330 g/mol. The van der Waals surface area contributed by atoms with Crippen LogP contribution in [0, 0.1) is 0 Å². The minimum absolute atomic E-state index is 0.335. The third kappa shape index (κ3) is 3.42. The average molecular weight is 347 g/mol. The molecule has 19 heavy (non-hydrogen) atoms. The Morgan fingerprint density at radius 1 is 1.42 bits per heavy atom. The molecular formula is C14H17BrClNO2. The van der Waals surface area contributed by atoms with Crippen molar-refractivity contribution in [1.82, 2.24) is 0 Å². The van der Waals surface area contributed by atoms with Gasteiger partial charge in [-0.2, -0.15) is 0 Å². The van der Waals surface area contributed by atoms with Crippen molar-refractivity contribution in [3.63, 3.8) is 0 Å². The van der Waals surface area contributed by atoms with Crippen molar-refractivity contribution in [3.05, 3.63) is 27.2 Å². The zero-order chi connectivity index (χ0) is 14.2. The van der Waals surface area contributed by atoms with Gasteiger partial charge in [-0.1, -0.05) is 27.5 Å². The summed E-state index contributed by atoms with van der Waals surface area (Å²) >= 11 is 9.71. The van der Waals surface area contributed by atoms with Gasteiger partial charge in [0.15, 0.2) is 0 Å². The summed E-state index contributed by atoms with van der Waals surface area (Å²) < 4.78 is 6.37. The van der Waals surface area contributed by atoms with Crippen LogP contribution in [0.1, 0.15) is 32.8 Å². The fourth-order valence-electron chi connectivity index (χ4n) is 2.15. The van der Waals surface area contributed by atoms with Crippen molar-refractivity contribution in [2.24, 2.45) is 0 Å². The molecule has 0 bridgehead atoms. The molecule has 1 aliphatic heterocycles. The Hall–Kier alpha value is -0.740. The highest BCUT2D eigenvalue weighted by atomic mass is 79.9. The Labute approximate surface area is 127 Å². The van der Waals surface area contributed by atoms with E-state index in [9.17, 15) is 4.79 Å². The standard InChI is InChI=1S/C14H17BrClNO2/c1-14(2,3)19-13(18)17-6-4-5-9-7-10(15)8-11(16)12(9)17/h7-8H,4-6H2,1-3H3. The Balaban J connectivity index is 2.35. The zero-order valence-corrected chi connectivity index (χ0v) is 13.6. The quantitative estimate of drug-likeness (QED) is 0.676. The second kappa shape index (κ2) is 5.33. The van der Waals surface area contributed by atoms with Gasteiger partial charge in [-0.3, -0.25) is 4.90 Å². The number of hydrogen-bond donors (Lipinski definition) is 0. The lowest BCUT2D eigenvalue weighted by atomic mass is 10.0. The van der Waals surface area contributed by atoms with Crippen molar-refractivity contribution in [3.8, 4) is 0 Å². The number of fused-ring (bicyclic) bond motifs is 1. The molecule has 3 nitrogen and oxygen atoms in total. The van der Waals surface area contributed by atoms with Crippen LogP contribution in [0.5, 0.6) is 0 Å². The molecule has 5 heteroatoms. The number of ether oxygens (including phenoxy) is 1. The van der Waals surface area contributed by atoms with E-state index >= 15 is 0 Å². The molecule has 0 radical (unpaired) electrons. The number of benzene rings is 1. The maximum atomic E-state index is 12.2. The van der Waals surface area contributed by atoms with Crippen LogP contribution in [0.25, 0.3) is 0 Å². The number of carbonyl (C=O) groups is 1. The fraction of sp³-hybridized carbons (Fsp3) is 0.500. The number of hydrogen-bond acceptors (Lipinski definition) is 2. The lowest BCUT2D eigenvalue weighted by Gasteiger charge is -2.32. The molecule has 1 heterocycles. The first-order valence-corrected chi connectivity index (χ1v) is 7.43. The van der Waals surface area contributed by atoms with Crippen molar-refractivity contribution < 1.29 is 9.53 Å². The summed E-state index contributed by atoms with van der Waals surface area (Å²) in [5.41, 5.74) is 1.36. The second-order valence-corrected chi connectivity index (χ2v) is 6.95. The fourth-order valence-corrected chi connectivity index (χ4v) is 3.13. The van der Waals surface area contributed by atoms with Crippen molar-refractivity contribution in [1.29, 1.82) is 0 Å². The van der Waals surface area contributed by atoms with E-state index in [0.29, 0.717) is 11.6 Å². The molecule has 0 atom stereocenters. The average Bonchev–Trinajstić information content (AvgIpc) is 2.25. The number of nitrogens with zero attached hydrogens (tertiary/aromatic N) is 1. The molecule has 0 unspecified atom stereocenters. The number of anilines is 1. The van der Waals surface area contributed by atoms with Crippen molar-refractivity contribution in [2.45, 2.75) is 39.2 Å². The number of rotatable bonds is 0. The maximum absolute atomic E-state index is 12.2. The van der Waals surface area contributed by atoms with Crippen LogP contribution in [0.15, 0.2) is 16.6 Å². The highest BCUT2D eigenvalue weighted by Gasteiger charge is 2.29. The molecule has 0 aliphatic carbocycles. The topological polar surface area (TPSA) is 29.5 Å². The number of amides is 1. The number of aryl methyl sites for hydroxylation is 1. The molecule has 0 saturated heterocycles. The van der Waals surface area contributed by atoms with E-state index in [1.54, 1.807) is 4.90 Å². The predicted molar refractivity (Wildman–Crippen MR) is 81.1 cm³/mol. The molecule has 1 aromatic rings. The largest absolute Gasteiger partial charge is 0.443 e. The van der Waals surface area contributed by atoms with Crippen LogP contribution in [0.2, 0.25) is 5.02 Å². The Bertz CT molecular complexity index is 511. The third-order valence-electron chi connectivity index (χ3n) is 2.82. The molecule has 1 aliphatic rings. The smallest absolute Gasteiger partial charge is 0.414 e. The van der Waals surface area contributed by atoms with Gasteiger partial charge >= 0.3 is 6.09 Å². The van der Waals surface area contributed by atoms with E-state index in [4.69, 9.17) is 16.3 Å². The zero-order valence-electron chi connectivity index (χ0n) is 11.3. The van der Waals surface area contributed by atoms with Gasteiger partial charge in [-0.05, 0) is 51.3 Å². The van der Waals surface area contributed by atoms with Gasteiger partial charge in [0.2, 0.25) is 0 Å². The summed E-state index contributed by atoms with van der Waals surface area (Å²) in [4.78, 5) is 13.9. The van der Waals surface area contributed by atoms with Gasteiger partial charge in [0.1, 0.15) is 5.60 Å². The maximum Gasteiger partial charge on any atom is 0.414 e. The van der Waals surface area contributed by atoms with Crippen LogP contribution in [0.4, 0.5) is 10.5 Å². The summed E-state index contributed by atoms with van der Waals surface area (Å²) in [7, 11) is 0. The number of carbonyl (C=O) groups excluding carboxylic acids is 1. The van der Waals surface area contributed by atoms with E-state index in [2.05, 4.69) is 15.9 Å². The molecule has 2 rings (SSSR count). The molecule has 0 N–H and O–H groups in total. The second-order valence-electron chi connectivity index (χ2n) is 5.63. The minimum Gasteiger partial charge on any atom is -0.443 e. The molecule has 0 aromatic heterocycles. The lowest BCUT2D eigenvalue weighted by Crippen LogP contribution is -2.40. The monoisotopic (exact) mass is 345 g/mol. The van der Waals surface area contributed by atoms with Crippen LogP contribution in [-0.2, 0) is 11.2 Å². The van der Waals surface area contributed by atoms with Crippen LogP contribution >= 0.6 is 27.5 Å². The highest BCUT2D eigenvalue weighted by molar-refractivity contribution is 9.10. The van der Waals surface area contributed by atoms with E-state index < -0.39 is 5.60 Å². The third-order valence-corrected chi connectivity index (χ3v) is 3.56. The molecule has 0 fully saturated rings. The van der Waals surface area contributed by atoms with Gasteiger partial charge in [0, 0.05) is 11.0 Å². The van der Waals surface area contributed by atoms with Crippen LogP contribution in [-0.4, -0.2) is 18.2 Å². The molecule has 104 valence electrons. The van der Waals surface area contributed by atoms with Crippen molar-refractivity contribution >= 4 is 39.3 Å². The van der Waals surface area contributed by atoms with E-state index in [-0.39, 0.29) is 6.09 Å². The van der Waals surface area contributed by atoms with Crippen LogP contribution in [0.3, 0.4) is 0 Å². The normalized spacial score (nSPS) is 15.1. The summed E-state index contributed by atoms with van der Waals surface area (Å²) in [5, 5.41) is 0.579. The Kier molecular flexibility index (Phi) is 4.11. The van der Waals surface area contributed by atoms with Gasteiger partial charge in [-0.25, -0.2) is 4.79 Å². The molecule has 1 aromatic carbocycles. The minimum atomic E-state index is -0.503. The SMILES string of the molecule is CC(C)(C)OC(=O)N1CCCc2cc(Br)cc(Cl)c21.